The maximum absolute atomic E-state index is 12.9. The molecule has 2 fully saturated rings. The molecule has 4 rings (SSSR count). The lowest BCUT2D eigenvalue weighted by Crippen LogP contribution is -2.40. The predicted octanol–water partition coefficient (Wildman–Crippen LogP) is 3.70. The fourth-order valence-corrected chi connectivity index (χ4v) is 3.80. The molecule has 0 spiro atoms. The highest BCUT2D eigenvalue weighted by atomic mass is 16.5. The van der Waals surface area contributed by atoms with Crippen molar-refractivity contribution in [2.45, 2.75) is 50.9 Å². The van der Waals surface area contributed by atoms with E-state index < -0.39 is 0 Å². The van der Waals surface area contributed by atoms with E-state index in [2.05, 4.69) is 36.1 Å². The first-order valence-electron chi connectivity index (χ1n) is 9.30. The van der Waals surface area contributed by atoms with Crippen LogP contribution in [-0.4, -0.2) is 34.0 Å². The molecule has 1 aliphatic carbocycles. The third kappa shape index (κ3) is 3.32. The quantitative estimate of drug-likeness (QED) is 0.852. The fraction of sp³-hybridized carbons (Fsp3) is 0.550. The summed E-state index contributed by atoms with van der Waals surface area (Å²) in [5.41, 5.74) is 1.29. The number of hydrogen-bond acceptors (Lipinski definition) is 4. The molecule has 1 saturated carbocycles. The lowest BCUT2D eigenvalue weighted by Gasteiger charge is -2.31. The van der Waals surface area contributed by atoms with Gasteiger partial charge in [0.25, 0.3) is 0 Å². The lowest BCUT2D eigenvalue weighted by molar-refractivity contribution is -0.134. The second-order valence-corrected chi connectivity index (χ2v) is 7.63. The average Bonchev–Trinajstić information content (AvgIpc) is 3.29. The molecule has 1 saturated heterocycles. The van der Waals surface area contributed by atoms with Gasteiger partial charge in [-0.15, -0.1) is 0 Å². The van der Waals surface area contributed by atoms with Crippen molar-refractivity contribution in [1.29, 1.82) is 0 Å². The largest absolute Gasteiger partial charge is 0.342 e. The second kappa shape index (κ2) is 6.62. The highest BCUT2D eigenvalue weighted by molar-refractivity contribution is 5.83. The summed E-state index contributed by atoms with van der Waals surface area (Å²) >= 11 is 0. The van der Waals surface area contributed by atoms with Crippen LogP contribution in [0.5, 0.6) is 0 Å². The topological polar surface area (TPSA) is 59.2 Å². The zero-order valence-electron chi connectivity index (χ0n) is 14.9. The van der Waals surface area contributed by atoms with Crippen molar-refractivity contribution in [2.24, 2.45) is 5.92 Å². The number of benzene rings is 1. The minimum Gasteiger partial charge on any atom is -0.342 e. The van der Waals surface area contributed by atoms with Crippen molar-refractivity contribution in [3.63, 3.8) is 0 Å². The molecule has 3 atom stereocenters. The third-order valence-electron chi connectivity index (χ3n) is 5.39. The van der Waals surface area contributed by atoms with Crippen LogP contribution in [0.15, 0.2) is 34.9 Å². The van der Waals surface area contributed by atoms with Gasteiger partial charge in [-0.25, -0.2) is 0 Å². The van der Waals surface area contributed by atoms with Crippen molar-refractivity contribution in [3.05, 3.63) is 47.6 Å². The molecule has 1 aromatic carbocycles. The van der Waals surface area contributed by atoms with Crippen LogP contribution in [0.25, 0.3) is 0 Å². The number of carbonyl (C=O) groups is 1. The van der Waals surface area contributed by atoms with E-state index in [0.29, 0.717) is 24.3 Å². The van der Waals surface area contributed by atoms with Crippen molar-refractivity contribution >= 4 is 5.91 Å². The summed E-state index contributed by atoms with van der Waals surface area (Å²) in [5.74, 6) is 2.71. The number of nitrogens with zero attached hydrogens (tertiary/aromatic N) is 3. The number of hydrogen-bond donors (Lipinski definition) is 0. The van der Waals surface area contributed by atoms with Gasteiger partial charge in [-0.05, 0) is 30.7 Å². The Morgan fingerprint density at radius 3 is 2.80 bits per heavy atom. The Bertz CT molecular complexity index is 740. The van der Waals surface area contributed by atoms with Crippen molar-refractivity contribution < 1.29 is 9.32 Å². The summed E-state index contributed by atoms with van der Waals surface area (Å²) in [5, 5.41) is 4.07. The van der Waals surface area contributed by atoms with Gasteiger partial charge in [0.15, 0.2) is 5.82 Å². The summed E-state index contributed by atoms with van der Waals surface area (Å²) in [6, 6.07) is 10.4. The highest BCUT2D eigenvalue weighted by Gasteiger charge is 2.46. The Morgan fingerprint density at radius 1 is 1.28 bits per heavy atom. The Morgan fingerprint density at radius 2 is 2.08 bits per heavy atom. The van der Waals surface area contributed by atoms with Crippen LogP contribution in [0.1, 0.15) is 68.1 Å². The molecule has 132 valence electrons. The van der Waals surface area contributed by atoms with Gasteiger partial charge in [0.1, 0.15) is 0 Å². The van der Waals surface area contributed by atoms with E-state index in [1.54, 1.807) is 0 Å². The molecular formula is C20H25N3O2. The van der Waals surface area contributed by atoms with E-state index in [9.17, 15) is 4.79 Å². The molecule has 0 unspecified atom stereocenters. The van der Waals surface area contributed by atoms with Crippen LogP contribution in [-0.2, 0) is 4.79 Å². The molecule has 25 heavy (non-hydrogen) atoms. The van der Waals surface area contributed by atoms with Gasteiger partial charge in [0.2, 0.25) is 11.8 Å². The summed E-state index contributed by atoms with van der Waals surface area (Å²) in [7, 11) is 0. The lowest BCUT2D eigenvalue weighted by atomic mass is 9.97. The van der Waals surface area contributed by atoms with Gasteiger partial charge >= 0.3 is 0 Å². The minimum absolute atomic E-state index is 0.148. The van der Waals surface area contributed by atoms with E-state index in [-0.39, 0.29) is 17.8 Å². The van der Waals surface area contributed by atoms with E-state index in [0.717, 1.165) is 31.6 Å². The maximum atomic E-state index is 12.9. The van der Waals surface area contributed by atoms with Crippen LogP contribution in [0.3, 0.4) is 0 Å². The van der Waals surface area contributed by atoms with Gasteiger partial charge in [-0.1, -0.05) is 49.3 Å². The first-order valence-corrected chi connectivity index (χ1v) is 9.30. The smallest absolute Gasteiger partial charge is 0.231 e. The van der Waals surface area contributed by atoms with Gasteiger partial charge in [-0.3, -0.25) is 4.79 Å². The first kappa shape index (κ1) is 16.3. The summed E-state index contributed by atoms with van der Waals surface area (Å²) in [4.78, 5) is 19.4. The van der Waals surface area contributed by atoms with Crippen LogP contribution in [0, 0.1) is 5.92 Å². The van der Waals surface area contributed by atoms with Gasteiger partial charge in [0.05, 0.1) is 5.92 Å². The summed E-state index contributed by atoms with van der Waals surface area (Å²) < 4.78 is 5.46. The second-order valence-electron chi connectivity index (χ2n) is 7.63. The molecule has 0 radical (unpaired) electrons. The Labute approximate surface area is 148 Å². The number of rotatable bonds is 4. The van der Waals surface area contributed by atoms with Crippen molar-refractivity contribution in [2.75, 3.05) is 13.1 Å². The molecule has 0 N–H and O–H groups in total. The van der Waals surface area contributed by atoms with E-state index in [1.165, 1.54) is 5.56 Å². The number of aromatic nitrogens is 2. The van der Waals surface area contributed by atoms with Crippen molar-refractivity contribution in [3.8, 4) is 0 Å². The molecule has 0 bridgehead atoms. The van der Waals surface area contributed by atoms with Crippen LogP contribution >= 0.6 is 0 Å². The molecule has 5 nitrogen and oxygen atoms in total. The third-order valence-corrected chi connectivity index (χ3v) is 5.39. The first-order chi connectivity index (χ1) is 12.1. The SMILES string of the molecule is CC(C)c1noc([C@@H]2CCCN(C(=O)[C@@H]3C[C@H]3c3ccccc3)C2)n1. The Kier molecular flexibility index (Phi) is 4.32. The van der Waals surface area contributed by atoms with Crippen LogP contribution in [0.2, 0.25) is 0 Å². The van der Waals surface area contributed by atoms with Gasteiger partial charge in [0, 0.05) is 24.9 Å². The minimum atomic E-state index is 0.148. The summed E-state index contributed by atoms with van der Waals surface area (Å²) in [6.07, 6.45) is 2.98. The maximum Gasteiger partial charge on any atom is 0.231 e. The molecule has 2 aliphatic rings. The van der Waals surface area contributed by atoms with E-state index in [4.69, 9.17) is 4.52 Å². The number of amides is 1. The number of likely N-dealkylation sites (tertiary alicyclic amines) is 1. The van der Waals surface area contributed by atoms with Crippen LogP contribution < -0.4 is 0 Å². The van der Waals surface area contributed by atoms with Gasteiger partial charge < -0.3 is 9.42 Å². The molecule has 5 heteroatoms. The predicted molar refractivity (Wildman–Crippen MR) is 94.2 cm³/mol. The molecular weight excluding hydrogens is 314 g/mol. The summed E-state index contributed by atoms with van der Waals surface area (Å²) in [6.45, 7) is 5.67. The van der Waals surface area contributed by atoms with Crippen LogP contribution in [0.4, 0.5) is 0 Å². The zero-order chi connectivity index (χ0) is 17.4. The van der Waals surface area contributed by atoms with E-state index >= 15 is 0 Å². The molecule has 1 amide bonds. The Hall–Kier alpha value is -2.17. The normalized spacial score (nSPS) is 26.0. The van der Waals surface area contributed by atoms with Crippen molar-refractivity contribution in [1.82, 2.24) is 15.0 Å². The monoisotopic (exact) mass is 339 g/mol. The van der Waals surface area contributed by atoms with E-state index in [1.807, 2.05) is 23.1 Å². The standard InChI is InChI=1S/C20H25N3O2/c1-13(2)18-21-19(25-22-18)15-9-6-10-23(12-15)20(24)17-11-16(17)14-7-4-3-5-8-14/h3-5,7-8,13,15-17H,6,9-12H2,1-2H3/t15-,16+,17-/m1/s1. The number of piperidine rings is 1. The molecule has 2 aromatic rings. The number of carbonyl (C=O) groups excluding carboxylic acids is 1. The zero-order valence-corrected chi connectivity index (χ0v) is 14.9. The van der Waals surface area contributed by atoms with Gasteiger partial charge in [-0.2, -0.15) is 4.98 Å². The molecule has 2 heterocycles. The molecule has 1 aliphatic heterocycles. The highest BCUT2D eigenvalue weighted by Crippen LogP contribution is 2.48. The Balaban J connectivity index is 1.40. The average molecular weight is 339 g/mol. The fourth-order valence-electron chi connectivity index (χ4n) is 3.80. The molecule has 1 aromatic heterocycles.